The molecule has 1 aromatic heterocycles. The second kappa shape index (κ2) is 17.0. The van der Waals surface area contributed by atoms with Crippen molar-refractivity contribution in [2.24, 2.45) is 5.92 Å². The number of carbonyl (C=O) groups is 1. The molecular formula is C37H50BrClN2O6. The van der Waals surface area contributed by atoms with Crippen molar-refractivity contribution in [3.8, 4) is 23.1 Å². The van der Waals surface area contributed by atoms with Crippen LogP contribution in [-0.2, 0) is 16.6 Å². The number of aryl methyl sites for hydroxylation is 1. The van der Waals surface area contributed by atoms with Crippen LogP contribution in [-0.4, -0.2) is 75.9 Å². The number of ether oxygens (including phenoxy) is 5. The van der Waals surface area contributed by atoms with Crippen LogP contribution < -0.4 is 18.9 Å². The predicted octanol–water partition coefficient (Wildman–Crippen LogP) is 8.34. The third kappa shape index (κ3) is 9.84. The lowest BCUT2D eigenvalue weighted by molar-refractivity contribution is -0.0708. The number of benzene rings is 2. The van der Waals surface area contributed by atoms with E-state index in [1.807, 2.05) is 0 Å². The number of nitrogens with zero attached hydrogens (tertiary/aromatic N) is 2. The van der Waals surface area contributed by atoms with E-state index in [-0.39, 0.29) is 27.6 Å². The normalized spacial score (nSPS) is 17.3. The molecule has 47 heavy (non-hydrogen) atoms. The molecule has 0 saturated carbocycles. The van der Waals surface area contributed by atoms with E-state index < -0.39 is 5.78 Å². The van der Waals surface area contributed by atoms with Gasteiger partial charge in [-0.15, -0.1) is 0 Å². The summed E-state index contributed by atoms with van der Waals surface area (Å²) in [5.74, 6) is 1.43. The second-order valence-electron chi connectivity index (χ2n) is 13.2. The Morgan fingerprint density at radius 1 is 1.00 bits per heavy atom. The Kier molecular flexibility index (Phi) is 14.0. The van der Waals surface area contributed by atoms with Crippen LogP contribution >= 0.6 is 27.5 Å². The summed E-state index contributed by atoms with van der Waals surface area (Å²) >= 11 is 9.59. The third-order valence-electron chi connectivity index (χ3n) is 8.08. The molecule has 10 heteroatoms. The number of hydrogen-bond donors (Lipinski definition) is 0. The lowest BCUT2D eigenvalue weighted by atomic mass is 9.86. The molecule has 8 nitrogen and oxygen atoms in total. The minimum atomic E-state index is -0.397. The zero-order valence-corrected chi connectivity index (χ0v) is 32.0. The van der Waals surface area contributed by atoms with Crippen molar-refractivity contribution >= 4 is 33.3 Å². The van der Waals surface area contributed by atoms with E-state index in [2.05, 4.69) is 91.6 Å². The van der Waals surface area contributed by atoms with E-state index in [0.29, 0.717) is 45.2 Å². The highest BCUT2D eigenvalue weighted by atomic mass is 79.9. The molecule has 0 spiro atoms. The minimum Gasteiger partial charge on any atom is -0.493 e. The molecular weight excluding hydrogens is 684 g/mol. The Bertz CT molecular complexity index is 1500. The van der Waals surface area contributed by atoms with E-state index >= 15 is 0 Å². The van der Waals surface area contributed by atoms with Gasteiger partial charge in [-0.05, 0) is 77.2 Å². The maximum absolute atomic E-state index is 13.3. The van der Waals surface area contributed by atoms with Crippen LogP contribution in [0.4, 0.5) is 0 Å². The monoisotopic (exact) mass is 732 g/mol. The summed E-state index contributed by atoms with van der Waals surface area (Å²) in [4.78, 5) is 19.9. The van der Waals surface area contributed by atoms with Gasteiger partial charge in [0.05, 0.1) is 55.7 Å². The number of methoxy groups -OCH3 is 4. The summed E-state index contributed by atoms with van der Waals surface area (Å²) in [5, 5.41) is 0.202. The van der Waals surface area contributed by atoms with Crippen molar-refractivity contribution in [1.82, 2.24) is 9.88 Å². The molecule has 1 saturated heterocycles. The predicted molar refractivity (Wildman–Crippen MR) is 192 cm³/mol. The van der Waals surface area contributed by atoms with Crippen LogP contribution in [0.5, 0.6) is 23.1 Å². The zero-order valence-electron chi connectivity index (χ0n) is 29.6. The highest BCUT2D eigenvalue weighted by Gasteiger charge is 2.29. The smallest absolute Gasteiger partial charge is 0.226 e. The van der Waals surface area contributed by atoms with Crippen LogP contribution in [0.3, 0.4) is 0 Å². The molecule has 1 aliphatic rings. The van der Waals surface area contributed by atoms with Crippen molar-refractivity contribution in [2.75, 3.05) is 48.1 Å². The first-order valence-electron chi connectivity index (χ1n) is 15.8. The number of hydrogen-bond acceptors (Lipinski definition) is 8. The summed E-state index contributed by atoms with van der Waals surface area (Å²) in [7, 11) is 5.85. The van der Waals surface area contributed by atoms with Crippen LogP contribution in [0.25, 0.3) is 0 Å². The van der Waals surface area contributed by atoms with Gasteiger partial charge in [0.1, 0.15) is 5.56 Å². The van der Waals surface area contributed by atoms with Crippen LogP contribution in [0.15, 0.2) is 41.0 Å². The number of halogens is 2. The van der Waals surface area contributed by atoms with Gasteiger partial charge in [-0.3, -0.25) is 9.69 Å². The summed E-state index contributed by atoms with van der Waals surface area (Å²) in [6.45, 7) is 18.6. The summed E-state index contributed by atoms with van der Waals surface area (Å²) < 4.78 is 27.6. The minimum absolute atomic E-state index is 0.120. The molecule has 258 valence electrons. The van der Waals surface area contributed by atoms with Gasteiger partial charge in [0.15, 0.2) is 11.5 Å². The maximum Gasteiger partial charge on any atom is 0.226 e. The second-order valence-corrected chi connectivity index (χ2v) is 14.4. The molecule has 4 rings (SSSR count). The number of ketones is 1. The number of aromatic nitrogens is 1. The molecule has 0 bridgehead atoms. The van der Waals surface area contributed by atoms with Crippen molar-refractivity contribution in [3.63, 3.8) is 0 Å². The topological polar surface area (TPSA) is 79.4 Å². The first-order valence-corrected chi connectivity index (χ1v) is 17.0. The summed E-state index contributed by atoms with van der Waals surface area (Å²) in [6, 6.07) is 10.9. The van der Waals surface area contributed by atoms with Crippen LogP contribution in [0.2, 0.25) is 5.02 Å². The number of carbonyl (C=O) groups excluding carboxylic acids is 1. The number of pyridine rings is 1. The quantitative estimate of drug-likeness (QED) is 0.193. The standard InChI is InChI=1S/C20H33NO.C17H17BrClNO5/c1-15(12-21-13-16(2)22-17(3)14-21)11-18-7-9-19(10-8-18)20(4,5)6;1-8-6-10(22-2)15(23-3)16(24-4)11(8)14(21)12-13(19)9(18)7-20-17(12)25-5/h7-10,15-17H,11-14H2,1-6H3;6-7H,1-5H3/t15?,16-,17+;. The van der Waals surface area contributed by atoms with Gasteiger partial charge in [-0.25, -0.2) is 4.98 Å². The maximum atomic E-state index is 13.3. The molecule has 2 heterocycles. The summed E-state index contributed by atoms with van der Waals surface area (Å²) in [6.07, 6.45) is 3.35. The average molecular weight is 734 g/mol. The van der Waals surface area contributed by atoms with Gasteiger partial charge in [-0.2, -0.15) is 0 Å². The molecule has 3 atom stereocenters. The third-order valence-corrected chi connectivity index (χ3v) is 9.30. The molecule has 0 amide bonds. The van der Waals surface area contributed by atoms with E-state index in [4.69, 9.17) is 35.3 Å². The first kappa shape index (κ1) is 38.6. The molecule has 0 aliphatic carbocycles. The molecule has 3 aromatic rings. The lowest BCUT2D eigenvalue weighted by Crippen LogP contribution is -2.47. The molecule has 2 aromatic carbocycles. The Morgan fingerprint density at radius 3 is 2.11 bits per heavy atom. The Hall–Kier alpha value is -2.85. The highest BCUT2D eigenvalue weighted by Crippen LogP contribution is 2.44. The van der Waals surface area contributed by atoms with E-state index in [0.717, 1.165) is 19.5 Å². The first-order chi connectivity index (χ1) is 22.1. The summed E-state index contributed by atoms with van der Waals surface area (Å²) in [5.41, 5.74) is 4.17. The average Bonchev–Trinajstić information content (AvgIpc) is 3.00. The van der Waals surface area contributed by atoms with Crippen molar-refractivity contribution in [3.05, 3.63) is 73.8 Å². The van der Waals surface area contributed by atoms with Gasteiger partial charge >= 0.3 is 0 Å². The Labute approximate surface area is 294 Å². The van der Waals surface area contributed by atoms with Gasteiger partial charge in [0, 0.05) is 25.8 Å². The largest absolute Gasteiger partial charge is 0.493 e. The molecule has 0 radical (unpaired) electrons. The molecule has 1 aliphatic heterocycles. The van der Waals surface area contributed by atoms with Gasteiger partial charge in [-0.1, -0.05) is 63.6 Å². The molecule has 0 N–H and O–H groups in total. The molecule has 1 unspecified atom stereocenters. The zero-order chi connectivity index (χ0) is 35.1. The van der Waals surface area contributed by atoms with Crippen molar-refractivity contribution in [2.45, 2.75) is 72.5 Å². The Morgan fingerprint density at radius 2 is 1.60 bits per heavy atom. The van der Waals surface area contributed by atoms with Gasteiger partial charge < -0.3 is 23.7 Å². The lowest BCUT2D eigenvalue weighted by Gasteiger charge is -2.36. The number of morpholine rings is 1. The fraction of sp³-hybridized carbons (Fsp3) is 0.514. The highest BCUT2D eigenvalue weighted by molar-refractivity contribution is 9.10. The van der Waals surface area contributed by atoms with Gasteiger partial charge in [0.25, 0.3) is 0 Å². The van der Waals surface area contributed by atoms with Crippen LogP contribution in [0.1, 0.15) is 74.2 Å². The molecule has 1 fully saturated rings. The van der Waals surface area contributed by atoms with Gasteiger partial charge in [0.2, 0.25) is 17.4 Å². The Balaban J connectivity index is 0.000000257. The SMILES string of the molecule is CC(Cc1ccc(C(C)(C)C)cc1)CN1C[C@@H](C)O[C@@H](C)C1.COc1cc(C)c(C(=O)c2c(OC)ncc(Br)c2Cl)c(OC)c1OC. The van der Waals surface area contributed by atoms with Crippen LogP contribution in [0, 0.1) is 12.8 Å². The van der Waals surface area contributed by atoms with Crippen molar-refractivity contribution in [1.29, 1.82) is 0 Å². The van der Waals surface area contributed by atoms with E-state index in [9.17, 15) is 4.79 Å². The van der Waals surface area contributed by atoms with E-state index in [1.54, 1.807) is 13.0 Å². The van der Waals surface area contributed by atoms with Crippen molar-refractivity contribution < 1.29 is 28.5 Å². The van der Waals surface area contributed by atoms with E-state index in [1.165, 1.54) is 52.3 Å². The number of rotatable bonds is 10. The fourth-order valence-corrected chi connectivity index (χ4v) is 6.49. The fourth-order valence-electron chi connectivity index (χ4n) is 5.97.